The Morgan fingerprint density at radius 2 is 2.09 bits per heavy atom. The van der Waals surface area contributed by atoms with Crippen LogP contribution in [0.15, 0.2) is 33.0 Å². The molecule has 5 heterocycles. The molecular formula is C22H23N7O3S. The number of H-pyrrole nitrogens is 2. The quantitative estimate of drug-likeness (QED) is 0.521. The Kier molecular flexibility index (Phi) is 4.86. The molecular weight excluding hydrogens is 442 g/mol. The summed E-state index contributed by atoms with van der Waals surface area (Å²) in [6.07, 6.45) is 10.3. The molecule has 6 rings (SSSR count). The van der Waals surface area contributed by atoms with Gasteiger partial charge in [0.25, 0.3) is 5.91 Å². The fourth-order valence-electron chi connectivity index (χ4n) is 4.24. The van der Waals surface area contributed by atoms with Gasteiger partial charge in [0.05, 0.1) is 28.1 Å². The summed E-state index contributed by atoms with van der Waals surface area (Å²) in [6, 6.07) is 2.26. The van der Waals surface area contributed by atoms with Crippen molar-refractivity contribution in [3.05, 3.63) is 55.8 Å². The lowest BCUT2D eigenvalue weighted by Gasteiger charge is -2.16. The number of imidazole rings is 1. The molecule has 1 aliphatic carbocycles. The minimum Gasteiger partial charge on any atom is -0.493 e. The number of carbonyl (C=O) groups excluding carboxylic acids is 1. The lowest BCUT2D eigenvalue weighted by atomic mass is 10.2. The first-order valence-corrected chi connectivity index (χ1v) is 12.0. The highest BCUT2D eigenvalue weighted by atomic mass is 32.2. The standard InChI is InChI=1S/C22H23N7O3S/c30-20-15(26-22(32)27-20)9-12-11-23-29-18(24-13-3-4-13)10-14(25-19(12)29)16-5-6-17(33-16)21(31)28-7-1-2-8-28/h6,9-11,13,16,30H,1-5,7-8H2,(H2,26,27,32). The van der Waals surface area contributed by atoms with Crippen LogP contribution in [0.4, 0.5) is 0 Å². The maximum absolute atomic E-state index is 12.8. The maximum Gasteiger partial charge on any atom is 0.326 e. The summed E-state index contributed by atoms with van der Waals surface area (Å²) < 4.78 is 1.69. The van der Waals surface area contributed by atoms with Crippen LogP contribution in [0.2, 0.25) is 0 Å². The zero-order chi connectivity index (χ0) is 22.5. The minimum absolute atomic E-state index is 0.0212. The molecule has 0 spiro atoms. The molecule has 3 aliphatic rings. The molecule has 1 amide bonds. The first kappa shape index (κ1) is 20.3. The zero-order valence-electron chi connectivity index (χ0n) is 17.8. The van der Waals surface area contributed by atoms with E-state index in [0.717, 1.165) is 61.3 Å². The molecule has 1 saturated carbocycles. The van der Waals surface area contributed by atoms with Crippen LogP contribution in [-0.4, -0.2) is 59.6 Å². The molecule has 2 fully saturated rings. The van der Waals surface area contributed by atoms with E-state index in [0.29, 0.717) is 16.9 Å². The number of amides is 1. The van der Waals surface area contributed by atoms with Crippen LogP contribution < -0.4 is 16.4 Å². The summed E-state index contributed by atoms with van der Waals surface area (Å²) in [5.41, 5.74) is 1.93. The first-order valence-electron chi connectivity index (χ1n) is 11.2. The van der Waals surface area contributed by atoms with Crippen LogP contribution in [0.3, 0.4) is 0 Å². The van der Waals surface area contributed by atoms with Gasteiger partial charge in [-0.1, -0.05) is 6.08 Å². The lowest BCUT2D eigenvalue weighted by Crippen LogP contribution is -2.27. The lowest BCUT2D eigenvalue weighted by molar-refractivity contribution is -0.125. The van der Waals surface area contributed by atoms with E-state index in [-0.39, 0.29) is 22.7 Å². The summed E-state index contributed by atoms with van der Waals surface area (Å²) in [6.45, 7) is 1.66. The van der Waals surface area contributed by atoms with E-state index < -0.39 is 5.69 Å². The summed E-state index contributed by atoms with van der Waals surface area (Å²) >= 11 is 1.56. The van der Waals surface area contributed by atoms with E-state index in [4.69, 9.17) is 9.98 Å². The molecule has 0 aromatic carbocycles. The second-order valence-corrected chi connectivity index (χ2v) is 9.87. The van der Waals surface area contributed by atoms with Crippen molar-refractivity contribution in [3.8, 4) is 5.88 Å². The molecule has 10 nitrogen and oxygen atoms in total. The zero-order valence-corrected chi connectivity index (χ0v) is 18.6. The minimum atomic E-state index is -0.489. The number of aromatic amines is 2. The van der Waals surface area contributed by atoms with Crippen molar-refractivity contribution in [1.82, 2.24) is 29.5 Å². The normalized spacial score (nSPS) is 22.0. The molecule has 3 aromatic rings. The number of aromatic hydroxyl groups is 1. The van der Waals surface area contributed by atoms with Crippen LogP contribution in [0.1, 0.15) is 48.7 Å². The van der Waals surface area contributed by atoms with Crippen molar-refractivity contribution in [2.45, 2.75) is 43.4 Å². The van der Waals surface area contributed by atoms with Crippen molar-refractivity contribution in [2.24, 2.45) is 4.99 Å². The second-order valence-electron chi connectivity index (χ2n) is 8.63. The maximum atomic E-state index is 12.8. The number of rotatable bonds is 4. The number of hydrogen-bond donors (Lipinski definition) is 3. The van der Waals surface area contributed by atoms with Crippen LogP contribution in [0.25, 0.3) is 11.7 Å². The fraction of sp³-hybridized carbons (Fsp3) is 0.409. The predicted octanol–water partition coefficient (Wildman–Crippen LogP) is 0.746. The van der Waals surface area contributed by atoms with Gasteiger partial charge in [-0.2, -0.15) is 9.61 Å². The third-order valence-electron chi connectivity index (χ3n) is 6.12. The summed E-state index contributed by atoms with van der Waals surface area (Å²) in [7, 11) is 0. The van der Waals surface area contributed by atoms with Gasteiger partial charge >= 0.3 is 5.69 Å². The van der Waals surface area contributed by atoms with Gasteiger partial charge in [0, 0.05) is 24.4 Å². The van der Waals surface area contributed by atoms with Crippen molar-refractivity contribution >= 4 is 29.4 Å². The monoisotopic (exact) mass is 465 g/mol. The molecule has 0 bridgehead atoms. The predicted molar refractivity (Wildman–Crippen MR) is 122 cm³/mol. The van der Waals surface area contributed by atoms with Gasteiger partial charge in [-0.05, 0) is 38.2 Å². The van der Waals surface area contributed by atoms with Gasteiger partial charge in [-0.3, -0.25) is 14.8 Å². The average Bonchev–Trinajstić information content (AvgIpc) is 3.25. The molecule has 2 aliphatic heterocycles. The molecule has 0 radical (unpaired) electrons. The van der Waals surface area contributed by atoms with E-state index in [1.54, 1.807) is 28.6 Å². The largest absolute Gasteiger partial charge is 0.493 e. The first-order chi connectivity index (χ1) is 16.0. The van der Waals surface area contributed by atoms with Crippen LogP contribution in [0.5, 0.6) is 5.88 Å². The van der Waals surface area contributed by atoms with Gasteiger partial charge in [-0.15, -0.1) is 11.8 Å². The van der Waals surface area contributed by atoms with Crippen molar-refractivity contribution in [3.63, 3.8) is 0 Å². The SMILES string of the molecule is O=C(C1=CCC(c2cc(=NC3CC3)n3ncc(=Cc4[nH]c(=O)[nH]c4O)c3n2)S1)N1CCCC1. The third-order valence-corrected chi connectivity index (χ3v) is 7.43. The molecule has 33 heavy (non-hydrogen) atoms. The van der Waals surface area contributed by atoms with E-state index >= 15 is 0 Å². The third kappa shape index (κ3) is 3.86. The van der Waals surface area contributed by atoms with Crippen LogP contribution in [-0.2, 0) is 4.79 Å². The number of allylic oxidation sites excluding steroid dienone is 1. The van der Waals surface area contributed by atoms with E-state index in [1.165, 1.54) is 0 Å². The summed E-state index contributed by atoms with van der Waals surface area (Å²) in [5, 5.41) is 15.1. The Labute approximate surface area is 192 Å². The van der Waals surface area contributed by atoms with Crippen molar-refractivity contribution < 1.29 is 9.90 Å². The van der Waals surface area contributed by atoms with Crippen LogP contribution >= 0.6 is 11.8 Å². The number of likely N-dealkylation sites (tertiary alicyclic amines) is 1. The van der Waals surface area contributed by atoms with Gasteiger partial charge in [-0.25, -0.2) is 9.78 Å². The molecule has 3 N–H and O–H groups in total. The van der Waals surface area contributed by atoms with Crippen molar-refractivity contribution in [1.29, 1.82) is 0 Å². The summed E-state index contributed by atoms with van der Waals surface area (Å²) in [5.74, 6) is -0.117. The highest BCUT2D eigenvalue weighted by Gasteiger charge is 2.30. The number of fused-ring (bicyclic) bond motifs is 1. The second kappa shape index (κ2) is 7.91. The number of nitrogens with one attached hydrogen (secondary N) is 2. The molecule has 170 valence electrons. The highest BCUT2D eigenvalue weighted by Crippen LogP contribution is 2.43. The molecule has 1 saturated heterocycles. The number of carbonyl (C=O) groups is 1. The topological polar surface area (TPSA) is 132 Å². The van der Waals surface area contributed by atoms with Gasteiger partial charge in [0.2, 0.25) is 5.88 Å². The number of nitrogens with zero attached hydrogens (tertiary/aromatic N) is 5. The molecule has 11 heteroatoms. The van der Waals surface area contributed by atoms with E-state index in [9.17, 15) is 14.7 Å². The Morgan fingerprint density at radius 1 is 1.27 bits per heavy atom. The smallest absolute Gasteiger partial charge is 0.326 e. The van der Waals surface area contributed by atoms with Crippen LogP contribution in [0, 0.1) is 0 Å². The van der Waals surface area contributed by atoms with Gasteiger partial charge in [0.15, 0.2) is 11.1 Å². The Morgan fingerprint density at radius 3 is 2.82 bits per heavy atom. The highest BCUT2D eigenvalue weighted by molar-refractivity contribution is 8.04. The Hall–Kier alpha value is -3.34. The number of hydrogen-bond acceptors (Lipinski definition) is 7. The summed E-state index contributed by atoms with van der Waals surface area (Å²) in [4.78, 5) is 41.6. The molecule has 1 atom stereocenters. The van der Waals surface area contributed by atoms with E-state index in [2.05, 4.69) is 15.1 Å². The van der Waals surface area contributed by atoms with E-state index in [1.807, 2.05) is 17.0 Å². The number of aromatic nitrogens is 5. The average molecular weight is 466 g/mol. The number of thioether (sulfide) groups is 1. The van der Waals surface area contributed by atoms with Gasteiger partial charge < -0.3 is 15.0 Å². The molecule has 3 aromatic heterocycles. The van der Waals surface area contributed by atoms with Crippen molar-refractivity contribution in [2.75, 3.05) is 13.1 Å². The van der Waals surface area contributed by atoms with Gasteiger partial charge in [0.1, 0.15) is 5.69 Å². The molecule has 1 unspecified atom stereocenters. The Balaban J connectivity index is 1.39. The fourth-order valence-corrected chi connectivity index (χ4v) is 5.40. The Bertz CT molecular complexity index is 1460.